The van der Waals surface area contributed by atoms with Crippen LogP contribution in [0.1, 0.15) is 22.5 Å². The number of ether oxygens (including phenoxy) is 2. The smallest absolute Gasteiger partial charge is 0.163 e. The molecule has 0 radical (unpaired) electrons. The Morgan fingerprint density at radius 2 is 1.80 bits per heavy atom. The van der Waals surface area contributed by atoms with E-state index in [9.17, 15) is 4.79 Å². The molecule has 1 aromatic carbocycles. The third kappa shape index (κ3) is 3.57. The number of carbonyl (C=O) groups is 1. The summed E-state index contributed by atoms with van der Waals surface area (Å²) in [5.41, 5.74) is 1.51. The fourth-order valence-electron chi connectivity index (χ4n) is 1.90. The minimum Gasteiger partial charge on any atom is -0.497 e. The molecule has 20 heavy (non-hydrogen) atoms. The molecule has 0 saturated heterocycles. The molecule has 0 N–H and O–H groups in total. The Kier molecular flexibility index (Phi) is 4.71. The van der Waals surface area contributed by atoms with Crippen LogP contribution in [0.5, 0.6) is 11.5 Å². The minimum absolute atomic E-state index is 0.0489. The van der Waals surface area contributed by atoms with Gasteiger partial charge < -0.3 is 9.47 Å². The van der Waals surface area contributed by atoms with E-state index >= 15 is 0 Å². The summed E-state index contributed by atoms with van der Waals surface area (Å²) < 4.78 is 10.3. The number of aromatic nitrogens is 1. The quantitative estimate of drug-likeness (QED) is 0.758. The Bertz CT molecular complexity index is 559. The van der Waals surface area contributed by atoms with Gasteiger partial charge in [-0.25, -0.2) is 0 Å². The van der Waals surface area contributed by atoms with Gasteiger partial charge in [-0.15, -0.1) is 0 Å². The molecule has 0 amide bonds. The molecule has 0 aliphatic rings. The third-order valence-electron chi connectivity index (χ3n) is 3.01. The number of hydrogen-bond acceptors (Lipinski definition) is 4. The van der Waals surface area contributed by atoms with Crippen LogP contribution in [0.4, 0.5) is 0 Å². The molecule has 0 aliphatic heterocycles. The lowest BCUT2D eigenvalue weighted by Crippen LogP contribution is -2.03. The van der Waals surface area contributed by atoms with Gasteiger partial charge in [0.2, 0.25) is 0 Å². The highest BCUT2D eigenvalue weighted by molar-refractivity contribution is 5.97. The maximum atomic E-state index is 12.2. The zero-order valence-electron chi connectivity index (χ0n) is 11.6. The number of hydrogen-bond donors (Lipinski definition) is 0. The Morgan fingerprint density at radius 1 is 1.10 bits per heavy atom. The Hall–Kier alpha value is -2.36. The first-order valence-corrected chi connectivity index (χ1v) is 6.39. The van der Waals surface area contributed by atoms with Crippen molar-refractivity contribution >= 4 is 5.78 Å². The van der Waals surface area contributed by atoms with Gasteiger partial charge in [-0.2, -0.15) is 0 Å². The van der Waals surface area contributed by atoms with E-state index in [1.807, 2.05) is 18.2 Å². The number of ketones is 1. The lowest BCUT2D eigenvalue weighted by atomic mass is 10.0. The van der Waals surface area contributed by atoms with Crippen LogP contribution in [0.15, 0.2) is 42.6 Å². The first-order chi connectivity index (χ1) is 9.72. The average Bonchev–Trinajstić information content (AvgIpc) is 2.52. The second kappa shape index (κ2) is 6.70. The number of carbonyl (C=O) groups excluding carboxylic acids is 1. The largest absolute Gasteiger partial charge is 0.497 e. The van der Waals surface area contributed by atoms with Gasteiger partial charge in [0, 0.05) is 29.9 Å². The van der Waals surface area contributed by atoms with E-state index in [1.54, 1.807) is 38.6 Å². The number of Topliss-reactive ketones (excluding diaryl/α,β-unsaturated/α-hetero) is 1. The standard InChI is InChI=1S/C16H17NO3/c1-19-14-9-12(10-15(11-14)20-2)16(18)7-6-13-5-3-4-8-17-13/h3-5,8-11H,6-7H2,1-2H3. The van der Waals surface area contributed by atoms with Crippen LogP contribution in [0.25, 0.3) is 0 Å². The van der Waals surface area contributed by atoms with E-state index in [1.165, 1.54) is 0 Å². The average molecular weight is 271 g/mol. The van der Waals surface area contributed by atoms with E-state index in [0.29, 0.717) is 29.9 Å². The fourth-order valence-corrected chi connectivity index (χ4v) is 1.90. The Morgan fingerprint density at radius 3 is 2.35 bits per heavy atom. The van der Waals surface area contributed by atoms with Crippen molar-refractivity contribution in [3.8, 4) is 11.5 Å². The number of nitrogens with zero attached hydrogens (tertiary/aromatic N) is 1. The highest BCUT2D eigenvalue weighted by atomic mass is 16.5. The lowest BCUT2D eigenvalue weighted by Gasteiger charge is -2.07. The summed E-state index contributed by atoms with van der Waals surface area (Å²) in [6.45, 7) is 0. The molecular formula is C16H17NO3. The minimum atomic E-state index is 0.0489. The van der Waals surface area contributed by atoms with Crippen LogP contribution < -0.4 is 9.47 Å². The SMILES string of the molecule is COc1cc(OC)cc(C(=O)CCc2ccccn2)c1. The third-order valence-corrected chi connectivity index (χ3v) is 3.01. The van der Waals surface area contributed by atoms with Gasteiger partial charge in [-0.1, -0.05) is 6.07 Å². The van der Waals surface area contributed by atoms with Gasteiger partial charge in [0.15, 0.2) is 5.78 Å². The highest BCUT2D eigenvalue weighted by Crippen LogP contribution is 2.23. The number of aryl methyl sites for hydroxylation is 1. The molecule has 2 aromatic rings. The van der Waals surface area contributed by atoms with E-state index < -0.39 is 0 Å². The fraction of sp³-hybridized carbons (Fsp3) is 0.250. The zero-order chi connectivity index (χ0) is 14.4. The first kappa shape index (κ1) is 14.1. The van der Waals surface area contributed by atoms with Crippen molar-refractivity contribution in [3.63, 3.8) is 0 Å². The maximum Gasteiger partial charge on any atom is 0.163 e. The molecule has 4 heteroatoms. The lowest BCUT2D eigenvalue weighted by molar-refractivity contribution is 0.0982. The summed E-state index contributed by atoms with van der Waals surface area (Å²) in [4.78, 5) is 16.4. The molecule has 0 aliphatic carbocycles. The summed E-state index contributed by atoms with van der Waals surface area (Å²) >= 11 is 0. The summed E-state index contributed by atoms with van der Waals surface area (Å²) in [5.74, 6) is 1.28. The van der Waals surface area contributed by atoms with Crippen LogP contribution in [0.3, 0.4) is 0 Å². The molecular weight excluding hydrogens is 254 g/mol. The first-order valence-electron chi connectivity index (χ1n) is 6.39. The van der Waals surface area contributed by atoms with Crippen molar-refractivity contribution in [3.05, 3.63) is 53.9 Å². The monoisotopic (exact) mass is 271 g/mol. The van der Waals surface area contributed by atoms with Crippen LogP contribution in [-0.4, -0.2) is 25.0 Å². The number of rotatable bonds is 6. The van der Waals surface area contributed by atoms with E-state index in [4.69, 9.17) is 9.47 Å². The molecule has 0 unspecified atom stereocenters. The second-order valence-corrected chi connectivity index (χ2v) is 4.35. The van der Waals surface area contributed by atoms with Crippen molar-refractivity contribution in [2.75, 3.05) is 14.2 Å². The van der Waals surface area contributed by atoms with Gasteiger partial charge in [0.25, 0.3) is 0 Å². The van der Waals surface area contributed by atoms with E-state index in [0.717, 1.165) is 5.69 Å². The summed E-state index contributed by atoms with van der Waals surface area (Å²) in [6, 6.07) is 10.9. The van der Waals surface area contributed by atoms with Crippen LogP contribution in [0, 0.1) is 0 Å². The molecule has 0 bridgehead atoms. The molecule has 104 valence electrons. The molecule has 0 saturated carbocycles. The predicted molar refractivity (Wildman–Crippen MR) is 76.4 cm³/mol. The van der Waals surface area contributed by atoms with Crippen molar-refractivity contribution < 1.29 is 14.3 Å². The van der Waals surface area contributed by atoms with Gasteiger partial charge in [-0.3, -0.25) is 9.78 Å². The second-order valence-electron chi connectivity index (χ2n) is 4.35. The van der Waals surface area contributed by atoms with Crippen LogP contribution in [-0.2, 0) is 6.42 Å². The van der Waals surface area contributed by atoms with Gasteiger partial charge in [0.05, 0.1) is 14.2 Å². The van der Waals surface area contributed by atoms with Gasteiger partial charge >= 0.3 is 0 Å². The number of pyridine rings is 1. The van der Waals surface area contributed by atoms with Gasteiger partial charge in [-0.05, 0) is 30.7 Å². The highest BCUT2D eigenvalue weighted by Gasteiger charge is 2.10. The number of benzene rings is 1. The van der Waals surface area contributed by atoms with Crippen LogP contribution in [0.2, 0.25) is 0 Å². The van der Waals surface area contributed by atoms with E-state index in [2.05, 4.69) is 4.98 Å². The Labute approximate surface area is 118 Å². The molecule has 0 atom stereocenters. The normalized spacial score (nSPS) is 10.1. The van der Waals surface area contributed by atoms with Crippen molar-refractivity contribution in [2.24, 2.45) is 0 Å². The van der Waals surface area contributed by atoms with E-state index in [-0.39, 0.29) is 5.78 Å². The van der Waals surface area contributed by atoms with Gasteiger partial charge in [0.1, 0.15) is 11.5 Å². The molecule has 1 aromatic heterocycles. The summed E-state index contributed by atoms with van der Waals surface area (Å²) in [5, 5.41) is 0. The zero-order valence-corrected chi connectivity index (χ0v) is 11.6. The van der Waals surface area contributed by atoms with Crippen molar-refractivity contribution in [2.45, 2.75) is 12.8 Å². The Balaban J connectivity index is 2.08. The topological polar surface area (TPSA) is 48.4 Å². The predicted octanol–water partition coefficient (Wildman–Crippen LogP) is 2.91. The molecule has 1 heterocycles. The van der Waals surface area contributed by atoms with Crippen LogP contribution >= 0.6 is 0 Å². The van der Waals surface area contributed by atoms with Crippen molar-refractivity contribution in [1.82, 2.24) is 4.98 Å². The molecule has 0 fully saturated rings. The number of methoxy groups -OCH3 is 2. The molecule has 4 nitrogen and oxygen atoms in total. The van der Waals surface area contributed by atoms with Crippen molar-refractivity contribution in [1.29, 1.82) is 0 Å². The summed E-state index contributed by atoms with van der Waals surface area (Å²) in [6.07, 6.45) is 2.76. The maximum absolute atomic E-state index is 12.2. The summed E-state index contributed by atoms with van der Waals surface area (Å²) in [7, 11) is 3.13. The molecule has 0 spiro atoms. The molecule has 2 rings (SSSR count).